The summed E-state index contributed by atoms with van der Waals surface area (Å²) in [6.07, 6.45) is 32.8. The Bertz CT molecular complexity index is 544. The third kappa shape index (κ3) is 21.9. The molecule has 0 radical (unpaired) electrons. The predicted octanol–water partition coefficient (Wildman–Crippen LogP) is 10.4. The minimum atomic E-state index is -3.57. The van der Waals surface area contributed by atoms with Gasteiger partial charge in [0.15, 0.2) is 5.78 Å². The van der Waals surface area contributed by atoms with Crippen LogP contribution in [0.2, 0.25) is 0 Å². The maximum absolute atomic E-state index is 12.7. The summed E-state index contributed by atoms with van der Waals surface area (Å²) in [6, 6.07) is 0. The summed E-state index contributed by atoms with van der Waals surface area (Å²) >= 11 is 0. The number of unbranched alkanes of at least 4 members (excludes halogenated alkanes) is 18. The van der Waals surface area contributed by atoms with Crippen molar-refractivity contribution in [2.24, 2.45) is 0 Å². The Morgan fingerprint density at radius 1 is 0.639 bits per heavy atom. The van der Waals surface area contributed by atoms with Gasteiger partial charge in [0, 0.05) is 6.42 Å². The topological polar surface area (TPSA) is 46.5 Å². The first-order chi connectivity index (χ1) is 17.3. The molecule has 0 aliphatic rings. The number of quaternary nitrogens is 1. The van der Waals surface area contributed by atoms with Crippen LogP contribution < -0.4 is 0 Å². The first-order valence-electron chi connectivity index (χ1n) is 15.7. The molecular weight excluding hydrogens is 465 g/mol. The van der Waals surface area contributed by atoms with Gasteiger partial charge in [0.2, 0.25) is 0 Å². The first kappa shape index (κ1) is 35.9. The Morgan fingerprint density at radius 2 is 1.03 bits per heavy atom. The van der Waals surface area contributed by atoms with Gasteiger partial charge in [-0.15, -0.1) is 0 Å². The zero-order valence-corrected chi connectivity index (χ0v) is 26.0. The SMILES string of the molecule is CCCCCCCCCCCC=CCCCCCCCCCCCOP(=O)(O)C(CCC)[N+](C)(C)C. The molecular formula is C31H65NO3P+. The molecule has 2 atom stereocenters. The molecule has 0 saturated heterocycles. The van der Waals surface area contributed by atoms with Gasteiger partial charge in [0.05, 0.1) is 27.7 Å². The molecule has 1 N–H and O–H groups in total. The maximum Gasteiger partial charge on any atom is 0.385 e. The van der Waals surface area contributed by atoms with Crippen molar-refractivity contribution < 1.29 is 18.5 Å². The summed E-state index contributed by atoms with van der Waals surface area (Å²) < 4.78 is 18.7. The zero-order valence-electron chi connectivity index (χ0n) is 25.2. The average Bonchev–Trinajstić information content (AvgIpc) is 2.82. The summed E-state index contributed by atoms with van der Waals surface area (Å²) in [5.74, 6) is -0.335. The van der Waals surface area contributed by atoms with Crippen LogP contribution in [0.5, 0.6) is 0 Å². The molecule has 0 aromatic rings. The average molecular weight is 531 g/mol. The number of rotatable bonds is 27. The van der Waals surface area contributed by atoms with Crippen molar-refractivity contribution in [1.29, 1.82) is 0 Å². The monoisotopic (exact) mass is 530 g/mol. The van der Waals surface area contributed by atoms with Gasteiger partial charge in [0.25, 0.3) is 0 Å². The largest absolute Gasteiger partial charge is 0.385 e. The second-order valence-electron chi connectivity index (χ2n) is 11.8. The molecule has 2 unspecified atom stereocenters. The molecule has 216 valence electrons. The van der Waals surface area contributed by atoms with Gasteiger partial charge < -0.3 is 13.9 Å². The standard InChI is InChI=1S/C31H64NO3P/c1-6-8-9-10-11-12-13-14-15-16-17-18-19-20-21-22-23-24-25-26-27-28-30-35-36(33,34)31(29-7-2)32(3,4)5/h17-18,31H,6-16,19-30H2,1-5H3/p+1. The fourth-order valence-corrected chi connectivity index (χ4v) is 6.96. The molecule has 0 fully saturated rings. The minimum Gasteiger partial charge on any atom is -0.320 e. The zero-order chi connectivity index (χ0) is 27.0. The van der Waals surface area contributed by atoms with E-state index in [1.165, 1.54) is 116 Å². The van der Waals surface area contributed by atoms with Gasteiger partial charge in [-0.05, 0) is 38.5 Å². The Morgan fingerprint density at radius 3 is 1.42 bits per heavy atom. The van der Waals surface area contributed by atoms with E-state index in [4.69, 9.17) is 4.52 Å². The molecule has 0 spiro atoms. The number of hydrogen-bond donors (Lipinski definition) is 1. The van der Waals surface area contributed by atoms with Gasteiger partial charge in [-0.25, -0.2) is 0 Å². The lowest BCUT2D eigenvalue weighted by Crippen LogP contribution is -2.45. The van der Waals surface area contributed by atoms with E-state index in [9.17, 15) is 9.46 Å². The van der Waals surface area contributed by atoms with Crippen LogP contribution in [0.25, 0.3) is 0 Å². The van der Waals surface area contributed by atoms with E-state index >= 15 is 0 Å². The van der Waals surface area contributed by atoms with E-state index in [2.05, 4.69) is 26.0 Å². The highest BCUT2D eigenvalue weighted by Crippen LogP contribution is 2.51. The van der Waals surface area contributed by atoms with Gasteiger partial charge in [0.1, 0.15) is 0 Å². The number of nitrogens with zero attached hydrogens (tertiary/aromatic N) is 1. The Kier molecular flexibility index (Phi) is 23.8. The molecule has 5 heteroatoms. The van der Waals surface area contributed by atoms with Crippen LogP contribution >= 0.6 is 7.60 Å². The van der Waals surface area contributed by atoms with Crippen molar-refractivity contribution in [2.75, 3.05) is 27.7 Å². The van der Waals surface area contributed by atoms with Crippen LogP contribution in [0.4, 0.5) is 0 Å². The van der Waals surface area contributed by atoms with Crippen molar-refractivity contribution in [3.05, 3.63) is 12.2 Å². The smallest absolute Gasteiger partial charge is 0.320 e. The van der Waals surface area contributed by atoms with Crippen molar-refractivity contribution in [3.63, 3.8) is 0 Å². The van der Waals surface area contributed by atoms with E-state index in [0.717, 1.165) is 19.3 Å². The second kappa shape index (κ2) is 23.9. The highest BCUT2D eigenvalue weighted by Gasteiger charge is 2.41. The van der Waals surface area contributed by atoms with Crippen LogP contribution in [-0.2, 0) is 9.09 Å². The molecule has 0 aliphatic heterocycles. The van der Waals surface area contributed by atoms with E-state index in [0.29, 0.717) is 17.5 Å². The van der Waals surface area contributed by atoms with Crippen molar-refractivity contribution in [1.82, 2.24) is 0 Å². The molecule has 0 heterocycles. The van der Waals surface area contributed by atoms with Crippen molar-refractivity contribution in [2.45, 2.75) is 161 Å². The highest BCUT2D eigenvalue weighted by atomic mass is 31.2. The molecule has 0 rings (SSSR count). The third-order valence-electron chi connectivity index (χ3n) is 7.25. The Balaban J connectivity index is 3.45. The maximum atomic E-state index is 12.7. The summed E-state index contributed by atoms with van der Waals surface area (Å²) in [6.45, 7) is 4.74. The van der Waals surface area contributed by atoms with Crippen LogP contribution in [-0.4, -0.2) is 42.9 Å². The minimum absolute atomic E-state index is 0.335. The van der Waals surface area contributed by atoms with E-state index < -0.39 is 7.60 Å². The molecule has 0 aliphatic carbocycles. The van der Waals surface area contributed by atoms with Crippen LogP contribution in [0.3, 0.4) is 0 Å². The number of hydrogen-bond acceptors (Lipinski definition) is 2. The van der Waals surface area contributed by atoms with Crippen LogP contribution in [0.1, 0.15) is 155 Å². The molecule has 4 nitrogen and oxygen atoms in total. The molecule has 0 aromatic heterocycles. The first-order valence-corrected chi connectivity index (χ1v) is 17.3. The van der Waals surface area contributed by atoms with Crippen molar-refractivity contribution >= 4 is 7.60 Å². The third-order valence-corrected chi connectivity index (χ3v) is 9.51. The van der Waals surface area contributed by atoms with Gasteiger partial charge in [-0.2, -0.15) is 0 Å². The lowest BCUT2D eigenvalue weighted by atomic mass is 10.1. The molecule has 0 bridgehead atoms. The van der Waals surface area contributed by atoms with Gasteiger partial charge >= 0.3 is 7.60 Å². The summed E-state index contributed by atoms with van der Waals surface area (Å²) in [7, 11) is 2.35. The molecule has 0 amide bonds. The normalized spacial score (nSPS) is 14.9. The summed E-state index contributed by atoms with van der Waals surface area (Å²) in [5, 5.41) is 0. The van der Waals surface area contributed by atoms with E-state index in [1.54, 1.807) is 0 Å². The Labute approximate surface area is 226 Å². The lowest BCUT2D eigenvalue weighted by molar-refractivity contribution is -0.883. The fourth-order valence-electron chi connectivity index (χ4n) is 4.94. The summed E-state index contributed by atoms with van der Waals surface area (Å²) in [4.78, 5) is 10.4. The highest BCUT2D eigenvalue weighted by molar-refractivity contribution is 7.53. The molecule has 0 aromatic carbocycles. The van der Waals surface area contributed by atoms with Crippen molar-refractivity contribution in [3.8, 4) is 0 Å². The second-order valence-corrected chi connectivity index (χ2v) is 13.8. The fraction of sp³-hybridized carbons (Fsp3) is 0.935. The van der Waals surface area contributed by atoms with Gasteiger partial charge in [-0.1, -0.05) is 122 Å². The predicted molar refractivity (Wildman–Crippen MR) is 160 cm³/mol. The van der Waals surface area contributed by atoms with E-state index in [-0.39, 0.29) is 5.78 Å². The van der Waals surface area contributed by atoms with E-state index in [1.807, 2.05) is 21.1 Å². The van der Waals surface area contributed by atoms with Crippen LogP contribution in [0, 0.1) is 0 Å². The summed E-state index contributed by atoms with van der Waals surface area (Å²) in [5.41, 5.74) is 0. The molecule has 0 saturated carbocycles. The van der Waals surface area contributed by atoms with Gasteiger partial charge in [-0.3, -0.25) is 4.57 Å². The Hall–Kier alpha value is -0.150. The van der Waals surface area contributed by atoms with Crippen LogP contribution in [0.15, 0.2) is 12.2 Å². The lowest BCUT2D eigenvalue weighted by Gasteiger charge is -2.35. The number of allylic oxidation sites excluding steroid dienone is 2. The quantitative estimate of drug-likeness (QED) is 0.0497. The molecule has 36 heavy (non-hydrogen) atoms.